The fraction of sp³-hybridized carbons (Fsp3) is 0.750. The van der Waals surface area contributed by atoms with Crippen LogP contribution in [0.4, 0.5) is 5.95 Å². The zero-order valence-corrected chi connectivity index (χ0v) is 12.1. The highest BCUT2D eigenvalue weighted by Gasteiger charge is 2.12. The van der Waals surface area contributed by atoms with Gasteiger partial charge < -0.3 is 15.3 Å². The lowest BCUT2D eigenvalue weighted by Gasteiger charge is -2.21. The van der Waals surface area contributed by atoms with Crippen molar-refractivity contribution in [2.24, 2.45) is 5.92 Å². The molecule has 3 N–H and O–H groups in total. The van der Waals surface area contributed by atoms with E-state index in [0.717, 1.165) is 12.5 Å². The van der Waals surface area contributed by atoms with Crippen molar-refractivity contribution in [2.45, 2.75) is 44.9 Å². The Hall–Kier alpha value is -0.750. The summed E-state index contributed by atoms with van der Waals surface area (Å²) in [5.74, 6) is 1.61. The zero-order chi connectivity index (χ0) is 12.8. The van der Waals surface area contributed by atoms with Crippen LogP contribution in [-0.2, 0) is 0 Å². The first-order valence-corrected chi connectivity index (χ1v) is 7.50. The van der Waals surface area contributed by atoms with Gasteiger partial charge >= 0.3 is 0 Å². The highest BCUT2D eigenvalue weighted by Crippen LogP contribution is 2.27. The van der Waals surface area contributed by atoms with Crippen molar-refractivity contribution in [1.82, 2.24) is 15.0 Å². The van der Waals surface area contributed by atoms with E-state index in [1.165, 1.54) is 44.9 Å². The van der Waals surface area contributed by atoms with Crippen LogP contribution in [0.3, 0.4) is 0 Å². The molecular formula is C12H20N4S2. The highest BCUT2D eigenvalue weighted by atomic mass is 32.1. The van der Waals surface area contributed by atoms with Gasteiger partial charge in [0, 0.05) is 6.54 Å². The predicted octanol–water partition coefficient (Wildman–Crippen LogP) is 3.97. The van der Waals surface area contributed by atoms with Crippen LogP contribution < -0.4 is 5.32 Å². The molecule has 18 heavy (non-hydrogen) atoms. The zero-order valence-electron chi connectivity index (χ0n) is 10.5. The summed E-state index contributed by atoms with van der Waals surface area (Å²) in [6.07, 6.45) is 9.58. The number of nitrogens with one attached hydrogen (secondary N) is 3. The van der Waals surface area contributed by atoms with Gasteiger partial charge in [-0.05, 0) is 43.2 Å². The maximum Gasteiger partial charge on any atom is 0.205 e. The van der Waals surface area contributed by atoms with Crippen LogP contribution in [0.2, 0.25) is 0 Å². The van der Waals surface area contributed by atoms with E-state index < -0.39 is 0 Å². The van der Waals surface area contributed by atoms with Crippen molar-refractivity contribution in [3.05, 3.63) is 9.54 Å². The van der Waals surface area contributed by atoms with Gasteiger partial charge in [0.1, 0.15) is 0 Å². The molecule has 1 aliphatic rings. The molecule has 0 bridgehead atoms. The third kappa shape index (κ3) is 4.49. The van der Waals surface area contributed by atoms with Crippen molar-refractivity contribution < 1.29 is 0 Å². The Morgan fingerprint density at radius 3 is 2.67 bits per heavy atom. The summed E-state index contributed by atoms with van der Waals surface area (Å²) < 4.78 is 0.943. The first-order valence-electron chi connectivity index (χ1n) is 6.68. The van der Waals surface area contributed by atoms with E-state index in [0.29, 0.717) is 15.5 Å². The standard InChI is InChI=1S/C12H20N4S2/c17-11-14-10(15-12(18)16-11)13-8-4-7-9-5-2-1-3-6-9/h9H,1-8H2,(H3,13,14,15,16,17,18). The molecule has 0 radical (unpaired) electrons. The summed E-state index contributed by atoms with van der Waals surface area (Å²) in [6.45, 7) is 0.924. The van der Waals surface area contributed by atoms with E-state index in [1.807, 2.05) is 0 Å². The van der Waals surface area contributed by atoms with E-state index in [-0.39, 0.29) is 0 Å². The second-order valence-electron chi connectivity index (χ2n) is 4.92. The lowest BCUT2D eigenvalue weighted by molar-refractivity contribution is 0.335. The molecule has 0 unspecified atom stereocenters. The largest absolute Gasteiger partial charge is 0.356 e. The number of H-pyrrole nitrogens is 2. The van der Waals surface area contributed by atoms with Gasteiger partial charge in [-0.15, -0.1) is 0 Å². The summed E-state index contributed by atoms with van der Waals surface area (Å²) >= 11 is 9.99. The minimum Gasteiger partial charge on any atom is -0.356 e. The summed E-state index contributed by atoms with van der Waals surface area (Å²) in [4.78, 5) is 9.88. The molecule has 0 aliphatic heterocycles. The fourth-order valence-corrected chi connectivity index (χ4v) is 3.00. The predicted molar refractivity (Wildman–Crippen MR) is 78.9 cm³/mol. The monoisotopic (exact) mass is 284 g/mol. The Balaban J connectivity index is 1.71. The Bertz CT molecular complexity index is 445. The maximum atomic E-state index is 5.01. The van der Waals surface area contributed by atoms with Gasteiger partial charge in [0.25, 0.3) is 0 Å². The number of hydrogen-bond donors (Lipinski definition) is 3. The second-order valence-corrected chi connectivity index (χ2v) is 5.71. The minimum absolute atomic E-state index is 0.425. The van der Waals surface area contributed by atoms with Gasteiger partial charge in [-0.2, -0.15) is 4.98 Å². The van der Waals surface area contributed by atoms with Crippen LogP contribution in [0.1, 0.15) is 44.9 Å². The molecule has 0 amide bonds. The molecule has 100 valence electrons. The summed E-state index contributed by atoms with van der Waals surface area (Å²) in [5, 5.41) is 3.25. The molecule has 2 rings (SSSR count). The highest BCUT2D eigenvalue weighted by molar-refractivity contribution is 7.71. The number of hydrogen-bond acceptors (Lipinski definition) is 4. The average Bonchev–Trinajstić information content (AvgIpc) is 2.35. The summed E-state index contributed by atoms with van der Waals surface area (Å²) in [5.41, 5.74) is 0. The Kier molecular flexibility index (Phi) is 5.31. The van der Waals surface area contributed by atoms with E-state index in [2.05, 4.69) is 20.3 Å². The van der Waals surface area contributed by atoms with Crippen molar-refractivity contribution >= 4 is 30.4 Å². The molecule has 6 heteroatoms. The van der Waals surface area contributed by atoms with Crippen LogP contribution >= 0.6 is 24.4 Å². The normalized spacial score (nSPS) is 16.7. The van der Waals surface area contributed by atoms with E-state index in [4.69, 9.17) is 24.4 Å². The van der Waals surface area contributed by atoms with Gasteiger partial charge in [0.15, 0.2) is 4.77 Å². The Morgan fingerprint density at radius 2 is 1.94 bits per heavy atom. The molecule has 0 aromatic carbocycles. The number of nitrogens with zero attached hydrogens (tertiary/aromatic N) is 1. The van der Waals surface area contributed by atoms with Crippen molar-refractivity contribution in [1.29, 1.82) is 0 Å². The van der Waals surface area contributed by atoms with Crippen LogP contribution in [-0.4, -0.2) is 21.5 Å². The molecule has 1 heterocycles. The number of anilines is 1. The topological polar surface area (TPSA) is 56.5 Å². The SMILES string of the molecule is S=c1nc(NCCCC2CCCCC2)[nH]c(=S)[nH]1. The molecule has 1 fully saturated rings. The minimum atomic E-state index is 0.425. The second kappa shape index (κ2) is 6.99. The number of aromatic nitrogens is 3. The Labute approximate surface area is 118 Å². The fourth-order valence-electron chi connectivity index (χ4n) is 2.55. The molecule has 0 saturated heterocycles. The van der Waals surface area contributed by atoms with Crippen molar-refractivity contribution in [2.75, 3.05) is 11.9 Å². The van der Waals surface area contributed by atoms with Gasteiger partial charge in [-0.1, -0.05) is 32.1 Å². The molecule has 1 aromatic heterocycles. The van der Waals surface area contributed by atoms with Gasteiger partial charge in [-0.25, -0.2) is 0 Å². The van der Waals surface area contributed by atoms with Crippen LogP contribution in [0.5, 0.6) is 0 Å². The van der Waals surface area contributed by atoms with E-state index in [9.17, 15) is 0 Å². The number of aromatic amines is 2. The molecule has 1 aliphatic carbocycles. The third-order valence-electron chi connectivity index (χ3n) is 3.47. The van der Waals surface area contributed by atoms with Crippen molar-refractivity contribution in [3.63, 3.8) is 0 Å². The molecule has 4 nitrogen and oxygen atoms in total. The smallest absolute Gasteiger partial charge is 0.205 e. The first-order chi connectivity index (χ1) is 8.74. The van der Waals surface area contributed by atoms with Crippen molar-refractivity contribution in [3.8, 4) is 0 Å². The quantitative estimate of drug-likeness (QED) is 0.565. The molecule has 1 saturated carbocycles. The van der Waals surface area contributed by atoms with Gasteiger partial charge in [-0.3, -0.25) is 0 Å². The van der Waals surface area contributed by atoms with E-state index >= 15 is 0 Å². The Morgan fingerprint density at radius 1 is 1.17 bits per heavy atom. The molecule has 1 aromatic rings. The average molecular weight is 284 g/mol. The van der Waals surface area contributed by atoms with E-state index in [1.54, 1.807) is 0 Å². The summed E-state index contributed by atoms with van der Waals surface area (Å²) in [7, 11) is 0. The number of rotatable bonds is 5. The molecule has 0 spiro atoms. The maximum absolute atomic E-state index is 5.01. The lowest BCUT2D eigenvalue weighted by atomic mass is 9.86. The van der Waals surface area contributed by atoms with Crippen LogP contribution in [0.15, 0.2) is 0 Å². The molecular weight excluding hydrogens is 264 g/mol. The van der Waals surface area contributed by atoms with Gasteiger partial charge in [0.2, 0.25) is 10.7 Å². The van der Waals surface area contributed by atoms with Crippen LogP contribution in [0, 0.1) is 15.5 Å². The molecule has 0 atom stereocenters. The van der Waals surface area contributed by atoms with Gasteiger partial charge in [0.05, 0.1) is 0 Å². The lowest BCUT2D eigenvalue weighted by Crippen LogP contribution is -2.10. The summed E-state index contributed by atoms with van der Waals surface area (Å²) in [6, 6.07) is 0. The van der Waals surface area contributed by atoms with Crippen LogP contribution in [0.25, 0.3) is 0 Å². The third-order valence-corrected chi connectivity index (χ3v) is 3.87. The first kappa shape index (κ1) is 13.7.